The molecule has 0 aliphatic rings. The van der Waals surface area contributed by atoms with Crippen molar-refractivity contribution in [2.24, 2.45) is 0 Å². The summed E-state index contributed by atoms with van der Waals surface area (Å²) in [5.41, 5.74) is 0. The zero-order valence-corrected chi connectivity index (χ0v) is 4.89. The van der Waals surface area contributed by atoms with Crippen molar-refractivity contribution in [2.75, 3.05) is 0 Å². The van der Waals surface area contributed by atoms with Crippen LogP contribution >= 0.6 is 0 Å². The number of hydrogen-bond acceptors (Lipinski definition) is 3. The van der Waals surface area contributed by atoms with Gasteiger partial charge in [-0.1, -0.05) is 0 Å². The third-order valence-electron chi connectivity index (χ3n) is 0.674. The van der Waals surface area contributed by atoms with E-state index in [9.17, 15) is 9.59 Å². The van der Waals surface area contributed by atoms with E-state index >= 15 is 0 Å². The summed E-state index contributed by atoms with van der Waals surface area (Å²) >= 11 is 0. The van der Waals surface area contributed by atoms with Gasteiger partial charge in [-0.15, -0.1) is 0 Å². The van der Waals surface area contributed by atoms with Crippen LogP contribution in [0.4, 0.5) is 0 Å². The lowest BCUT2D eigenvalue weighted by Gasteiger charge is -1.93. The summed E-state index contributed by atoms with van der Waals surface area (Å²) in [5, 5.41) is 24.4. The molecule has 0 aromatic rings. The number of carboxylic acid groups (broad SMARTS) is 2. The quantitative estimate of drug-likeness (QED) is 0.447. The molecule has 10 heavy (non-hydrogen) atoms. The lowest BCUT2D eigenvalue weighted by Crippen LogP contribution is -2.16. The van der Waals surface area contributed by atoms with Crippen molar-refractivity contribution in [3.8, 4) is 0 Å². The van der Waals surface area contributed by atoms with Gasteiger partial charge in [0.15, 0.2) is 6.10 Å². The molecular weight excluding hydrogens is 140 g/mol. The van der Waals surface area contributed by atoms with Gasteiger partial charge in [-0.3, -0.25) is 0 Å². The summed E-state index contributed by atoms with van der Waals surface area (Å²) in [6, 6.07) is 0. The van der Waals surface area contributed by atoms with Gasteiger partial charge in [0.25, 0.3) is 0 Å². The van der Waals surface area contributed by atoms with E-state index < -0.39 is 18.0 Å². The number of aliphatic hydroxyl groups excluding tert-OH is 1. The summed E-state index contributed by atoms with van der Waals surface area (Å²) < 4.78 is 0. The highest BCUT2D eigenvalue weighted by Crippen LogP contribution is 1.84. The molecule has 0 aromatic heterocycles. The molecule has 0 saturated carbocycles. The first-order valence-corrected chi connectivity index (χ1v) is 2.36. The second-order valence-corrected chi connectivity index (χ2v) is 1.48. The van der Waals surface area contributed by atoms with Crippen LogP contribution in [0.5, 0.6) is 0 Å². The highest BCUT2D eigenvalue weighted by molar-refractivity contribution is 5.82. The summed E-state index contributed by atoms with van der Waals surface area (Å²) in [6.07, 6.45) is -0.500. The van der Waals surface area contributed by atoms with Gasteiger partial charge in [-0.25, -0.2) is 9.59 Å². The van der Waals surface area contributed by atoms with Crippen LogP contribution in [0.25, 0.3) is 0 Å². The number of carbonyl (C=O) groups is 2. The summed E-state index contributed by atoms with van der Waals surface area (Å²) in [6.45, 7) is 0. The van der Waals surface area contributed by atoms with Crippen molar-refractivity contribution in [3.05, 3.63) is 12.2 Å². The highest BCUT2D eigenvalue weighted by Gasteiger charge is 2.07. The van der Waals surface area contributed by atoms with Gasteiger partial charge in [-0.05, 0) is 6.08 Å². The Kier molecular flexibility index (Phi) is 3.13. The zero-order chi connectivity index (χ0) is 8.15. The van der Waals surface area contributed by atoms with Crippen LogP contribution < -0.4 is 0 Å². The predicted molar refractivity (Wildman–Crippen MR) is 30.4 cm³/mol. The minimum atomic E-state index is -1.74. The standard InChI is InChI=1S/C5H6O5/c6-3(5(9)10)1-2-4(7)8/h1-3,6H,(H,7,8)(H,9,10). The lowest BCUT2D eigenvalue weighted by atomic mass is 10.3. The van der Waals surface area contributed by atoms with E-state index in [-0.39, 0.29) is 0 Å². The molecule has 0 rings (SSSR count). The molecule has 0 amide bonds. The molecule has 1 unspecified atom stereocenters. The topological polar surface area (TPSA) is 94.8 Å². The van der Waals surface area contributed by atoms with Gasteiger partial charge in [0, 0.05) is 6.08 Å². The fourth-order valence-corrected chi connectivity index (χ4v) is 0.256. The van der Waals surface area contributed by atoms with Crippen LogP contribution in [0.3, 0.4) is 0 Å². The molecule has 0 aliphatic heterocycles. The van der Waals surface area contributed by atoms with Crippen molar-refractivity contribution >= 4 is 11.9 Å². The van der Waals surface area contributed by atoms with E-state index in [0.29, 0.717) is 12.2 Å². The number of aliphatic carboxylic acids is 2. The first-order chi connectivity index (χ1) is 4.54. The second-order valence-electron chi connectivity index (χ2n) is 1.48. The minimum absolute atomic E-state index is 0.568. The average molecular weight is 146 g/mol. The van der Waals surface area contributed by atoms with E-state index in [2.05, 4.69) is 0 Å². The van der Waals surface area contributed by atoms with E-state index in [4.69, 9.17) is 15.3 Å². The van der Waals surface area contributed by atoms with Gasteiger partial charge in [0.1, 0.15) is 0 Å². The molecule has 0 aliphatic carbocycles. The molecule has 0 radical (unpaired) electrons. The van der Waals surface area contributed by atoms with E-state index in [1.165, 1.54) is 0 Å². The summed E-state index contributed by atoms with van der Waals surface area (Å²) in [4.78, 5) is 19.6. The lowest BCUT2D eigenvalue weighted by molar-refractivity contribution is -0.144. The molecular formula is C5H6O5. The zero-order valence-electron chi connectivity index (χ0n) is 4.89. The molecule has 0 heterocycles. The Morgan fingerprint density at radius 2 is 1.80 bits per heavy atom. The molecule has 0 aromatic carbocycles. The molecule has 1 atom stereocenters. The van der Waals surface area contributed by atoms with Crippen molar-refractivity contribution in [1.82, 2.24) is 0 Å². The van der Waals surface area contributed by atoms with E-state index in [0.717, 1.165) is 0 Å². The molecule has 0 bridgehead atoms. The molecule has 3 N–H and O–H groups in total. The molecule has 0 spiro atoms. The summed E-state index contributed by atoms with van der Waals surface area (Å²) in [7, 11) is 0. The van der Waals surface area contributed by atoms with Crippen molar-refractivity contribution in [3.63, 3.8) is 0 Å². The van der Waals surface area contributed by atoms with Gasteiger partial charge in [0.05, 0.1) is 0 Å². The Morgan fingerprint density at radius 1 is 1.30 bits per heavy atom. The van der Waals surface area contributed by atoms with Crippen LogP contribution in [0, 0.1) is 0 Å². The first-order valence-electron chi connectivity index (χ1n) is 2.36. The third-order valence-corrected chi connectivity index (χ3v) is 0.674. The Labute approximate surface area is 56.2 Å². The Hall–Kier alpha value is -1.36. The summed E-state index contributed by atoms with van der Waals surface area (Å²) in [5.74, 6) is -2.77. The highest BCUT2D eigenvalue weighted by atomic mass is 16.4. The Balaban J connectivity index is 3.89. The van der Waals surface area contributed by atoms with E-state index in [1.807, 2.05) is 0 Å². The fourth-order valence-electron chi connectivity index (χ4n) is 0.256. The monoisotopic (exact) mass is 146 g/mol. The number of aliphatic hydroxyl groups is 1. The van der Waals surface area contributed by atoms with Crippen LogP contribution in [-0.2, 0) is 9.59 Å². The van der Waals surface area contributed by atoms with Crippen LogP contribution in [0.2, 0.25) is 0 Å². The van der Waals surface area contributed by atoms with Crippen molar-refractivity contribution in [1.29, 1.82) is 0 Å². The van der Waals surface area contributed by atoms with Crippen LogP contribution in [-0.4, -0.2) is 33.4 Å². The fraction of sp³-hybridized carbons (Fsp3) is 0.200. The molecule has 0 saturated heterocycles. The van der Waals surface area contributed by atoms with E-state index in [1.54, 1.807) is 0 Å². The SMILES string of the molecule is O=C(O)C=CC(O)C(=O)O. The second kappa shape index (κ2) is 3.62. The van der Waals surface area contributed by atoms with Crippen molar-refractivity contribution < 1.29 is 24.9 Å². The number of carboxylic acids is 2. The smallest absolute Gasteiger partial charge is 0.336 e. The van der Waals surface area contributed by atoms with Crippen LogP contribution in [0.1, 0.15) is 0 Å². The van der Waals surface area contributed by atoms with Gasteiger partial charge in [0.2, 0.25) is 0 Å². The number of hydrogen-bond donors (Lipinski definition) is 3. The van der Waals surface area contributed by atoms with Crippen LogP contribution in [0.15, 0.2) is 12.2 Å². The normalized spacial score (nSPS) is 13.3. The Morgan fingerprint density at radius 3 is 2.10 bits per heavy atom. The average Bonchev–Trinajstić information content (AvgIpc) is 1.82. The van der Waals surface area contributed by atoms with Gasteiger partial charge >= 0.3 is 11.9 Å². The molecule has 56 valence electrons. The maximum atomic E-state index is 9.82. The largest absolute Gasteiger partial charge is 0.479 e. The van der Waals surface area contributed by atoms with Crippen molar-refractivity contribution in [2.45, 2.75) is 6.10 Å². The minimum Gasteiger partial charge on any atom is -0.479 e. The molecule has 5 nitrogen and oxygen atoms in total. The van der Waals surface area contributed by atoms with Gasteiger partial charge in [-0.2, -0.15) is 0 Å². The maximum Gasteiger partial charge on any atom is 0.336 e. The maximum absolute atomic E-state index is 9.82. The molecule has 5 heteroatoms. The first kappa shape index (κ1) is 8.64. The molecule has 0 fully saturated rings. The van der Waals surface area contributed by atoms with Gasteiger partial charge < -0.3 is 15.3 Å². The number of rotatable bonds is 3. The Bertz CT molecular complexity index is 171. The predicted octanol–water partition coefficient (Wildman–Crippen LogP) is -0.927. The third kappa shape index (κ3) is 3.62.